The van der Waals surface area contributed by atoms with Crippen LogP contribution in [0.2, 0.25) is 0 Å². The third-order valence-electron chi connectivity index (χ3n) is 3.45. The highest BCUT2D eigenvalue weighted by Crippen LogP contribution is 2.25. The van der Waals surface area contributed by atoms with E-state index in [1.807, 2.05) is 47.8 Å². The summed E-state index contributed by atoms with van der Waals surface area (Å²) in [7, 11) is 0. The average Bonchev–Trinajstić information content (AvgIpc) is 3.14. The van der Waals surface area contributed by atoms with E-state index in [-0.39, 0.29) is 25.0 Å². The van der Waals surface area contributed by atoms with Crippen LogP contribution in [-0.4, -0.2) is 29.9 Å². The first kappa shape index (κ1) is 19.3. The molecule has 138 valence electrons. The van der Waals surface area contributed by atoms with Crippen LogP contribution in [0.4, 0.5) is 5.13 Å². The summed E-state index contributed by atoms with van der Waals surface area (Å²) in [6.07, 6.45) is 0. The fourth-order valence-electron chi connectivity index (χ4n) is 2.14. The van der Waals surface area contributed by atoms with Gasteiger partial charge in [0.25, 0.3) is 5.91 Å². The van der Waals surface area contributed by atoms with Crippen molar-refractivity contribution in [2.24, 2.45) is 0 Å². The van der Waals surface area contributed by atoms with Crippen molar-refractivity contribution < 1.29 is 14.3 Å². The Labute approximate surface area is 174 Å². The van der Waals surface area contributed by atoms with Gasteiger partial charge < -0.3 is 15.4 Å². The molecule has 0 aliphatic carbocycles. The van der Waals surface area contributed by atoms with Gasteiger partial charge in [-0.15, -0.1) is 11.3 Å². The Bertz CT molecular complexity index is 913. The van der Waals surface area contributed by atoms with E-state index in [4.69, 9.17) is 4.74 Å². The number of aromatic nitrogens is 1. The second-order valence-corrected chi connectivity index (χ2v) is 7.58. The largest absolute Gasteiger partial charge is 0.484 e. The van der Waals surface area contributed by atoms with Crippen LogP contribution in [0.5, 0.6) is 5.75 Å². The average molecular weight is 493 g/mol. The summed E-state index contributed by atoms with van der Waals surface area (Å²) < 4.78 is 6.47. The number of rotatable bonds is 7. The number of hydrogen-bond donors (Lipinski definition) is 2. The molecule has 3 aromatic rings. The van der Waals surface area contributed by atoms with Crippen molar-refractivity contribution >= 4 is 50.9 Å². The van der Waals surface area contributed by atoms with Gasteiger partial charge >= 0.3 is 0 Å². The number of ether oxygens (including phenoxy) is 1. The quantitative estimate of drug-likeness (QED) is 0.494. The number of carbonyl (C=O) groups is 2. The van der Waals surface area contributed by atoms with E-state index in [0.29, 0.717) is 10.9 Å². The van der Waals surface area contributed by atoms with Crippen molar-refractivity contribution in [3.05, 3.63) is 63.5 Å². The molecule has 0 bridgehead atoms. The first-order valence-corrected chi connectivity index (χ1v) is 10.0. The predicted octanol–water partition coefficient (Wildman–Crippen LogP) is 3.55. The maximum atomic E-state index is 12.0. The number of carbonyl (C=O) groups excluding carboxylic acids is 2. The zero-order valence-corrected chi connectivity index (χ0v) is 17.1. The molecule has 2 N–H and O–H groups in total. The van der Waals surface area contributed by atoms with Gasteiger partial charge in [-0.05, 0) is 46.9 Å². The molecular weight excluding hydrogens is 477 g/mol. The van der Waals surface area contributed by atoms with Crippen molar-refractivity contribution in [2.45, 2.75) is 0 Å². The lowest BCUT2D eigenvalue weighted by Gasteiger charge is -2.07. The Morgan fingerprint density at radius 2 is 1.78 bits per heavy atom. The van der Waals surface area contributed by atoms with E-state index in [2.05, 4.69) is 38.2 Å². The Balaban J connectivity index is 1.44. The van der Waals surface area contributed by atoms with Crippen LogP contribution in [0.25, 0.3) is 11.3 Å². The molecule has 8 heteroatoms. The van der Waals surface area contributed by atoms with E-state index in [0.717, 1.165) is 14.8 Å². The second-order valence-electron chi connectivity index (χ2n) is 5.47. The molecule has 0 aliphatic heterocycles. The van der Waals surface area contributed by atoms with Gasteiger partial charge in [0.1, 0.15) is 5.75 Å². The topological polar surface area (TPSA) is 80.3 Å². The maximum Gasteiger partial charge on any atom is 0.258 e. The molecular formula is C19H16IN3O3S. The third-order valence-corrected chi connectivity index (χ3v) is 4.93. The monoisotopic (exact) mass is 493 g/mol. The molecule has 0 spiro atoms. The zero-order chi connectivity index (χ0) is 19.1. The zero-order valence-electron chi connectivity index (χ0n) is 14.1. The Kier molecular flexibility index (Phi) is 6.77. The highest BCUT2D eigenvalue weighted by atomic mass is 127. The van der Waals surface area contributed by atoms with Crippen molar-refractivity contribution in [3.63, 3.8) is 0 Å². The molecule has 2 amide bonds. The summed E-state index contributed by atoms with van der Waals surface area (Å²) in [6.45, 7) is -0.291. The van der Waals surface area contributed by atoms with Crippen LogP contribution in [0.3, 0.4) is 0 Å². The van der Waals surface area contributed by atoms with Crippen molar-refractivity contribution in [3.8, 4) is 17.0 Å². The minimum atomic E-state index is -0.368. The van der Waals surface area contributed by atoms with Gasteiger partial charge in [-0.2, -0.15) is 0 Å². The Morgan fingerprint density at radius 3 is 2.52 bits per heavy atom. The molecule has 0 atom stereocenters. The third kappa shape index (κ3) is 6.04. The van der Waals surface area contributed by atoms with Gasteiger partial charge in [-0.1, -0.05) is 30.3 Å². The fourth-order valence-corrected chi connectivity index (χ4v) is 3.24. The molecule has 1 aromatic heterocycles. The van der Waals surface area contributed by atoms with Crippen molar-refractivity contribution in [1.29, 1.82) is 0 Å². The molecule has 0 saturated carbocycles. The number of benzene rings is 2. The van der Waals surface area contributed by atoms with Crippen LogP contribution in [0.15, 0.2) is 60.0 Å². The number of amides is 2. The van der Waals surface area contributed by atoms with Crippen molar-refractivity contribution in [2.75, 3.05) is 18.5 Å². The number of halogens is 1. The minimum absolute atomic E-state index is 0.143. The van der Waals surface area contributed by atoms with E-state index < -0.39 is 0 Å². The fraction of sp³-hybridized carbons (Fsp3) is 0.105. The lowest BCUT2D eigenvalue weighted by molar-refractivity contribution is -0.125. The van der Waals surface area contributed by atoms with Gasteiger partial charge in [0.15, 0.2) is 11.7 Å². The van der Waals surface area contributed by atoms with Crippen LogP contribution >= 0.6 is 33.9 Å². The van der Waals surface area contributed by atoms with E-state index in [1.165, 1.54) is 11.3 Å². The number of thiazole rings is 1. The molecule has 0 radical (unpaired) electrons. The Hall–Kier alpha value is -2.46. The minimum Gasteiger partial charge on any atom is -0.484 e. The number of nitrogens with zero attached hydrogens (tertiary/aromatic N) is 1. The van der Waals surface area contributed by atoms with Gasteiger partial charge in [-0.3, -0.25) is 9.59 Å². The van der Waals surface area contributed by atoms with Crippen molar-refractivity contribution in [1.82, 2.24) is 10.3 Å². The van der Waals surface area contributed by atoms with Gasteiger partial charge in [0.05, 0.1) is 12.2 Å². The summed E-state index contributed by atoms with van der Waals surface area (Å²) in [5.74, 6) is -0.109. The molecule has 2 aromatic carbocycles. The van der Waals surface area contributed by atoms with Gasteiger partial charge in [0.2, 0.25) is 5.91 Å². The summed E-state index contributed by atoms with van der Waals surface area (Å²) >= 11 is 3.58. The summed E-state index contributed by atoms with van der Waals surface area (Å²) in [5, 5.41) is 7.57. The standard InChI is InChI=1S/C19H16IN3O3S/c20-14-8-6-13(7-9-14)16-12-27-19(22-16)23-17(24)10-21-18(25)11-26-15-4-2-1-3-5-15/h1-9,12H,10-11H2,(H,21,25)(H,22,23,24). The summed E-state index contributed by atoms with van der Waals surface area (Å²) in [5.41, 5.74) is 1.78. The first-order valence-electron chi connectivity index (χ1n) is 8.06. The smallest absolute Gasteiger partial charge is 0.258 e. The molecule has 0 saturated heterocycles. The highest BCUT2D eigenvalue weighted by Gasteiger charge is 2.10. The normalized spacial score (nSPS) is 10.3. The lowest BCUT2D eigenvalue weighted by Crippen LogP contribution is -2.35. The first-order chi connectivity index (χ1) is 13.1. The number of para-hydroxylation sites is 1. The van der Waals surface area contributed by atoms with E-state index >= 15 is 0 Å². The number of hydrogen-bond acceptors (Lipinski definition) is 5. The van der Waals surface area contributed by atoms with Crippen LogP contribution in [0, 0.1) is 3.57 Å². The molecule has 27 heavy (non-hydrogen) atoms. The lowest BCUT2D eigenvalue weighted by atomic mass is 10.2. The van der Waals surface area contributed by atoms with Gasteiger partial charge in [0, 0.05) is 14.5 Å². The number of anilines is 1. The highest BCUT2D eigenvalue weighted by molar-refractivity contribution is 14.1. The molecule has 0 fully saturated rings. The van der Waals surface area contributed by atoms with E-state index in [1.54, 1.807) is 12.1 Å². The molecule has 3 rings (SSSR count). The van der Waals surface area contributed by atoms with Crippen LogP contribution in [-0.2, 0) is 9.59 Å². The SMILES string of the molecule is O=C(COc1ccccc1)NCC(=O)Nc1nc(-c2ccc(I)cc2)cs1. The number of nitrogens with one attached hydrogen (secondary N) is 2. The predicted molar refractivity (Wildman–Crippen MR) is 114 cm³/mol. The summed E-state index contributed by atoms with van der Waals surface area (Å²) in [4.78, 5) is 28.1. The van der Waals surface area contributed by atoms with E-state index in [9.17, 15) is 9.59 Å². The molecule has 6 nitrogen and oxygen atoms in total. The van der Waals surface area contributed by atoms with Gasteiger partial charge in [-0.25, -0.2) is 4.98 Å². The second kappa shape index (κ2) is 9.47. The van der Waals surface area contributed by atoms with Crippen LogP contribution < -0.4 is 15.4 Å². The molecule has 1 heterocycles. The van der Waals surface area contributed by atoms with Crippen LogP contribution in [0.1, 0.15) is 0 Å². The molecule has 0 aliphatic rings. The molecule has 0 unspecified atom stereocenters. The summed E-state index contributed by atoms with van der Waals surface area (Å²) in [6, 6.07) is 17.0. The Morgan fingerprint density at radius 1 is 1.04 bits per heavy atom. The maximum absolute atomic E-state index is 12.0.